The molecule has 0 aromatic carbocycles. The van der Waals surface area contributed by atoms with E-state index in [0.29, 0.717) is 4.68 Å². The number of carbonyl (C=O) groups excluding carboxylic acids is 2. The molecule has 0 saturated carbocycles. The van der Waals surface area contributed by atoms with Gasteiger partial charge in [-0.1, -0.05) is 5.21 Å². The fourth-order valence-corrected chi connectivity index (χ4v) is 1.93. The van der Waals surface area contributed by atoms with Gasteiger partial charge < -0.3 is 9.47 Å². The number of ether oxygens (including phenoxy) is 2. The molecule has 0 aliphatic rings. The zero-order valence-corrected chi connectivity index (χ0v) is 14.0. The zero-order valence-electron chi connectivity index (χ0n) is 14.0. The van der Waals surface area contributed by atoms with E-state index in [0.717, 1.165) is 6.07 Å². The van der Waals surface area contributed by atoms with Crippen molar-refractivity contribution in [3.63, 3.8) is 0 Å². The molecule has 0 aliphatic heterocycles. The quantitative estimate of drug-likeness (QED) is 0.729. The SMILES string of the molecule is CCOC(=O)c1nnn(-c2nc(C)cc(C(F)(F)F)n2)c1C(=O)OCC. The second-order valence-electron chi connectivity index (χ2n) is 4.83. The summed E-state index contributed by atoms with van der Waals surface area (Å²) in [5.74, 6) is -2.59. The molecule has 12 heteroatoms. The van der Waals surface area contributed by atoms with Gasteiger partial charge in [0.15, 0.2) is 5.69 Å². The van der Waals surface area contributed by atoms with Gasteiger partial charge in [0.05, 0.1) is 13.2 Å². The van der Waals surface area contributed by atoms with E-state index >= 15 is 0 Å². The Hall–Kier alpha value is -3.05. The molecule has 0 saturated heterocycles. The number of aryl methyl sites for hydroxylation is 1. The molecule has 0 aliphatic carbocycles. The highest BCUT2D eigenvalue weighted by molar-refractivity contribution is 6.00. The Morgan fingerprint density at radius 1 is 1.12 bits per heavy atom. The van der Waals surface area contributed by atoms with E-state index in [1.54, 1.807) is 0 Å². The first kappa shape index (κ1) is 19.3. The van der Waals surface area contributed by atoms with Gasteiger partial charge in [-0.25, -0.2) is 19.6 Å². The number of halogens is 3. The number of rotatable bonds is 5. The summed E-state index contributed by atoms with van der Waals surface area (Å²) in [6, 6.07) is 0.733. The molecule has 0 bridgehead atoms. The number of alkyl halides is 3. The Balaban J connectivity index is 2.65. The highest BCUT2D eigenvalue weighted by Crippen LogP contribution is 2.28. The first-order valence-corrected chi connectivity index (χ1v) is 7.42. The highest BCUT2D eigenvalue weighted by atomic mass is 19.4. The van der Waals surface area contributed by atoms with Crippen molar-refractivity contribution < 1.29 is 32.2 Å². The van der Waals surface area contributed by atoms with Gasteiger partial charge in [0, 0.05) is 5.69 Å². The van der Waals surface area contributed by atoms with Crippen molar-refractivity contribution in [1.29, 1.82) is 0 Å². The first-order valence-electron chi connectivity index (χ1n) is 7.42. The lowest BCUT2D eigenvalue weighted by Gasteiger charge is -2.10. The summed E-state index contributed by atoms with van der Waals surface area (Å²) < 4.78 is 49.1. The van der Waals surface area contributed by atoms with Crippen molar-refractivity contribution in [3.8, 4) is 5.95 Å². The molecule has 0 amide bonds. The number of hydrogen-bond acceptors (Lipinski definition) is 8. The van der Waals surface area contributed by atoms with E-state index < -0.39 is 41.1 Å². The normalized spacial score (nSPS) is 11.3. The fraction of sp³-hybridized carbons (Fsp3) is 0.429. The molecule has 2 rings (SSSR count). The Kier molecular flexibility index (Phi) is 5.53. The summed E-state index contributed by atoms with van der Waals surface area (Å²) in [5.41, 5.74) is -2.29. The van der Waals surface area contributed by atoms with Crippen molar-refractivity contribution in [2.24, 2.45) is 0 Å². The van der Waals surface area contributed by atoms with Crippen molar-refractivity contribution in [2.75, 3.05) is 13.2 Å². The monoisotopic (exact) mass is 373 g/mol. The number of carbonyl (C=O) groups is 2. The van der Waals surface area contributed by atoms with Gasteiger partial charge in [-0.15, -0.1) is 5.10 Å². The van der Waals surface area contributed by atoms with E-state index in [1.165, 1.54) is 20.8 Å². The van der Waals surface area contributed by atoms with Crippen molar-refractivity contribution in [2.45, 2.75) is 26.9 Å². The summed E-state index contributed by atoms with van der Waals surface area (Å²) in [6.07, 6.45) is -4.74. The van der Waals surface area contributed by atoms with Crippen molar-refractivity contribution in [1.82, 2.24) is 25.0 Å². The Morgan fingerprint density at radius 3 is 2.31 bits per heavy atom. The van der Waals surface area contributed by atoms with Crippen LogP contribution in [0.25, 0.3) is 5.95 Å². The molecule has 0 radical (unpaired) electrons. The van der Waals surface area contributed by atoms with Gasteiger partial charge in [-0.2, -0.15) is 17.9 Å². The van der Waals surface area contributed by atoms with Gasteiger partial charge in [-0.3, -0.25) is 0 Å². The fourth-order valence-electron chi connectivity index (χ4n) is 1.93. The lowest BCUT2D eigenvalue weighted by atomic mass is 10.3. The lowest BCUT2D eigenvalue weighted by Crippen LogP contribution is -2.20. The van der Waals surface area contributed by atoms with E-state index in [-0.39, 0.29) is 18.9 Å². The predicted octanol–water partition coefficient (Wildman–Crippen LogP) is 1.74. The van der Waals surface area contributed by atoms with E-state index in [4.69, 9.17) is 9.47 Å². The summed E-state index contributed by atoms with van der Waals surface area (Å²) in [7, 11) is 0. The summed E-state index contributed by atoms with van der Waals surface area (Å²) in [4.78, 5) is 31.3. The smallest absolute Gasteiger partial charge is 0.433 e. The minimum atomic E-state index is -4.74. The molecular formula is C14H14F3N5O4. The molecule has 0 N–H and O–H groups in total. The minimum absolute atomic E-state index is 0.00682. The third kappa shape index (κ3) is 3.95. The molecule has 140 valence electrons. The molecular weight excluding hydrogens is 359 g/mol. The van der Waals surface area contributed by atoms with Gasteiger partial charge in [0.2, 0.25) is 5.69 Å². The summed E-state index contributed by atoms with van der Waals surface area (Å²) >= 11 is 0. The van der Waals surface area contributed by atoms with Gasteiger partial charge in [0.25, 0.3) is 5.95 Å². The Morgan fingerprint density at radius 2 is 1.73 bits per heavy atom. The molecule has 26 heavy (non-hydrogen) atoms. The second-order valence-corrected chi connectivity index (χ2v) is 4.83. The molecule has 2 aromatic rings. The molecule has 0 atom stereocenters. The number of aromatic nitrogens is 5. The standard InChI is InChI=1S/C14H14F3N5O4/c1-4-25-11(23)9-10(12(24)26-5-2)22(21-20-9)13-18-7(3)6-8(19-13)14(15,16)17/h6H,4-5H2,1-3H3. The second kappa shape index (κ2) is 7.45. The van der Waals surface area contributed by atoms with Gasteiger partial charge >= 0.3 is 18.1 Å². The first-order chi connectivity index (χ1) is 12.2. The van der Waals surface area contributed by atoms with Crippen LogP contribution in [0.1, 0.15) is 46.2 Å². The largest absolute Gasteiger partial charge is 0.461 e. The molecule has 9 nitrogen and oxygen atoms in total. The van der Waals surface area contributed by atoms with Crippen LogP contribution in [0.15, 0.2) is 6.07 Å². The zero-order chi connectivity index (χ0) is 19.5. The number of hydrogen-bond donors (Lipinski definition) is 0. The molecule has 2 aromatic heterocycles. The molecule has 0 fully saturated rings. The van der Waals surface area contributed by atoms with Crippen LogP contribution >= 0.6 is 0 Å². The lowest BCUT2D eigenvalue weighted by molar-refractivity contribution is -0.141. The molecule has 2 heterocycles. The summed E-state index contributed by atoms with van der Waals surface area (Å²) in [5, 5.41) is 7.04. The van der Waals surface area contributed by atoms with Gasteiger partial charge in [-0.05, 0) is 26.8 Å². The molecule has 0 unspecified atom stereocenters. The topological polar surface area (TPSA) is 109 Å². The van der Waals surface area contributed by atoms with Crippen LogP contribution in [0, 0.1) is 6.92 Å². The molecule has 0 spiro atoms. The van der Waals surface area contributed by atoms with Gasteiger partial charge in [0.1, 0.15) is 5.69 Å². The maximum atomic E-state index is 13.0. The van der Waals surface area contributed by atoms with Crippen LogP contribution in [0.3, 0.4) is 0 Å². The third-order valence-corrected chi connectivity index (χ3v) is 2.93. The van der Waals surface area contributed by atoms with E-state index in [2.05, 4.69) is 20.3 Å². The summed E-state index contributed by atoms with van der Waals surface area (Å²) in [6.45, 7) is 4.31. The van der Waals surface area contributed by atoms with Crippen LogP contribution < -0.4 is 0 Å². The highest BCUT2D eigenvalue weighted by Gasteiger charge is 2.35. The Labute approximate surface area is 145 Å². The maximum absolute atomic E-state index is 13.0. The van der Waals surface area contributed by atoms with Crippen LogP contribution in [-0.2, 0) is 15.7 Å². The Bertz CT molecular complexity index is 834. The predicted molar refractivity (Wildman–Crippen MR) is 78.6 cm³/mol. The van der Waals surface area contributed by atoms with Crippen LogP contribution in [0.4, 0.5) is 13.2 Å². The minimum Gasteiger partial charge on any atom is -0.461 e. The van der Waals surface area contributed by atoms with Crippen LogP contribution in [0.5, 0.6) is 0 Å². The van der Waals surface area contributed by atoms with E-state index in [9.17, 15) is 22.8 Å². The average molecular weight is 373 g/mol. The average Bonchev–Trinajstić information content (AvgIpc) is 2.99. The van der Waals surface area contributed by atoms with Crippen LogP contribution in [0.2, 0.25) is 0 Å². The maximum Gasteiger partial charge on any atom is 0.433 e. The third-order valence-electron chi connectivity index (χ3n) is 2.93. The number of nitrogens with zero attached hydrogens (tertiary/aromatic N) is 5. The van der Waals surface area contributed by atoms with E-state index in [1.807, 2.05) is 0 Å². The number of esters is 2. The van der Waals surface area contributed by atoms with Crippen molar-refractivity contribution >= 4 is 11.9 Å². The van der Waals surface area contributed by atoms with Crippen LogP contribution in [-0.4, -0.2) is 50.1 Å². The van der Waals surface area contributed by atoms with Crippen molar-refractivity contribution in [3.05, 3.63) is 28.8 Å².